The van der Waals surface area contributed by atoms with E-state index in [0.29, 0.717) is 16.1 Å². The Balaban J connectivity index is 2.20. The number of ether oxygens (including phenoxy) is 1. The van der Waals surface area contributed by atoms with Crippen molar-refractivity contribution in [3.05, 3.63) is 53.0 Å². The average Bonchev–Trinajstić information content (AvgIpc) is 3.36. The number of thiophene rings is 1. The van der Waals surface area contributed by atoms with Crippen molar-refractivity contribution >= 4 is 50.2 Å². The monoisotopic (exact) mass is 526 g/mol. The second kappa shape index (κ2) is 9.58. The smallest absolute Gasteiger partial charge is 0.351 e. The minimum absolute atomic E-state index is 0.0839. The molecule has 3 rings (SSSR count). The molecule has 0 fully saturated rings. The fraction of sp³-hybridized carbons (Fsp3) is 0.333. The van der Waals surface area contributed by atoms with Crippen LogP contribution in [0.1, 0.15) is 36.0 Å². The molecule has 0 saturated carbocycles. The number of hydrogen-bond donors (Lipinski definition) is 1. The third-order valence-electron chi connectivity index (χ3n) is 4.52. The summed E-state index contributed by atoms with van der Waals surface area (Å²) in [4.78, 5) is 13.6. The molecule has 1 atom stereocenters. The van der Waals surface area contributed by atoms with Crippen LogP contribution in [0.25, 0.3) is 10.6 Å². The molecule has 1 unspecified atom stereocenters. The molecule has 10 nitrogen and oxygen atoms in total. The Morgan fingerprint density at radius 3 is 2.38 bits per heavy atom. The Bertz CT molecular complexity index is 1340. The van der Waals surface area contributed by atoms with Crippen molar-refractivity contribution in [2.75, 3.05) is 18.4 Å². The van der Waals surface area contributed by atoms with Gasteiger partial charge < -0.3 is 4.74 Å². The number of rotatable bonds is 7. The zero-order valence-corrected chi connectivity index (χ0v) is 22.0. The molecule has 0 aliphatic rings. The van der Waals surface area contributed by atoms with Crippen molar-refractivity contribution in [1.82, 2.24) is 13.5 Å². The van der Waals surface area contributed by atoms with Gasteiger partial charge in [-0.25, -0.2) is 13.3 Å². The van der Waals surface area contributed by atoms with Crippen LogP contribution in [0.15, 0.2) is 42.6 Å². The maximum Gasteiger partial charge on any atom is 0.351 e. The first-order chi connectivity index (χ1) is 15.7. The largest absolute Gasteiger partial charge is 0.456 e. The van der Waals surface area contributed by atoms with E-state index in [2.05, 4.69) is 5.10 Å². The molecule has 0 aliphatic heterocycles. The first kappa shape index (κ1) is 26.0. The van der Waals surface area contributed by atoms with Crippen LogP contribution in [0.2, 0.25) is 0 Å². The molecular weight excluding hydrogens is 500 g/mol. The Hall–Kier alpha value is -2.58. The minimum Gasteiger partial charge on any atom is -0.456 e. The van der Waals surface area contributed by atoms with Gasteiger partial charge in [-0.1, -0.05) is 18.2 Å². The quantitative estimate of drug-likeness (QED) is 0.367. The lowest BCUT2D eigenvalue weighted by Crippen LogP contribution is -2.29. The van der Waals surface area contributed by atoms with Crippen molar-refractivity contribution in [3.8, 4) is 10.6 Å². The molecule has 0 bridgehead atoms. The van der Waals surface area contributed by atoms with Gasteiger partial charge in [0.15, 0.2) is 0 Å². The second-order valence-electron chi connectivity index (χ2n) is 8.50. The maximum absolute atomic E-state index is 13.1. The van der Waals surface area contributed by atoms with E-state index in [1.807, 2.05) is 0 Å². The molecule has 1 N–H and O–H groups in total. The highest BCUT2D eigenvalue weighted by Gasteiger charge is 2.30. The molecule has 0 radical (unpaired) electrons. The van der Waals surface area contributed by atoms with Gasteiger partial charge in [0.05, 0.1) is 16.3 Å². The third-order valence-corrected chi connectivity index (χ3v) is 7.95. The van der Waals surface area contributed by atoms with Gasteiger partial charge in [-0.2, -0.15) is 21.9 Å². The number of para-hydroxylation sites is 1. The fourth-order valence-electron chi connectivity index (χ4n) is 2.95. The van der Waals surface area contributed by atoms with E-state index in [0.717, 1.165) is 24.0 Å². The van der Waals surface area contributed by atoms with Crippen LogP contribution in [-0.2, 0) is 26.2 Å². The van der Waals surface area contributed by atoms with Gasteiger partial charge >= 0.3 is 16.2 Å². The lowest BCUT2D eigenvalue weighted by molar-refractivity contribution is 0.00762. The fourth-order valence-corrected chi connectivity index (χ4v) is 5.42. The Morgan fingerprint density at radius 1 is 1.18 bits per heavy atom. The first-order valence-corrected chi connectivity index (χ1v) is 13.3. The molecule has 3 aromatic rings. The van der Waals surface area contributed by atoms with Gasteiger partial charge in [0, 0.05) is 20.3 Å². The van der Waals surface area contributed by atoms with Crippen LogP contribution in [0.4, 0.5) is 11.4 Å². The molecule has 0 aliphatic carbocycles. The number of nitrogens with zero attached hydrogens (tertiary/aromatic N) is 4. The zero-order chi connectivity index (χ0) is 25.4. The topological polar surface area (TPSA) is 122 Å². The summed E-state index contributed by atoms with van der Waals surface area (Å²) < 4.78 is 55.9. The summed E-state index contributed by atoms with van der Waals surface area (Å²) in [7, 11) is -1.06. The molecule has 2 aromatic heterocycles. The number of aryl methyl sites for hydroxylation is 1. The number of carbonyl (C=O) groups excluding carboxylic acids is 1. The van der Waals surface area contributed by atoms with E-state index in [1.54, 1.807) is 52.0 Å². The lowest BCUT2D eigenvalue weighted by Gasteiger charge is -2.23. The van der Waals surface area contributed by atoms with Gasteiger partial charge in [0.1, 0.15) is 16.2 Å². The van der Waals surface area contributed by atoms with Crippen molar-refractivity contribution in [1.29, 1.82) is 0 Å². The number of esters is 1. The summed E-state index contributed by atoms with van der Waals surface area (Å²) in [5.41, 5.74) is 0.771. The highest BCUT2D eigenvalue weighted by molar-refractivity contribution is 7.87. The summed E-state index contributed by atoms with van der Waals surface area (Å²) in [5.74, 6) is -0.678. The third kappa shape index (κ3) is 5.39. The molecule has 1 aromatic carbocycles. The second-order valence-corrected chi connectivity index (χ2v) is 12.4. The van der Waals surface area contributed by atoms with E-state index in [4.69, 9.17) is 4.74 Å². The first-order valence-electron chi connectivity index (χ1n) is 10.1. The van der Waals surface area contributed by atoms with E-state index >= 15 is 0 Å². The van der Waals surface area contributed by atoms with Crippen molar-refractivity contribution in [3.63, 3.8) is 0 Å². The molecule has 0 saturated heterocycles. The predicted molar refractivity (Wildman–Crippen MR) is 133 cm³/mol. The zero-order valence-electron chi connectivity index (χ0n) is 19.5. The normalized spacial score (nSPS) is 13.2. The molecule has 0 amide bonds. The summed E-state index contributed by atoms with van der Waals surface area (Å²) in [5, 5.41) is 4.14. The summed E-state index contributed by atoms with van der Waals surface area (Å²) in [6, 6.07) is 9.98. The van der Waals surface area contributed by atoms with Crippen LogP contribution in [0.5, 0.6) is 0 Å². The number of aromatic nitrogens is 2. The van der Waals surface area contributed by atoms with Gasteiger partial charge in [0.2, 0.25) is 0 Å². The van der Waals surface area contributed by atoms with E-state index < -0.39 is 33.0 Å². The number of anilines is 2. The molecule has 184 valence electrons. The van der Waals surface area contributed by atoms with Crippen molar-refractivity contribution in [2.24, 2.45) is 0 Å². The van der Waals surface area contributed by atoms with Crippen LogP contribution in [0.3, 0.4) is 0 Å². The Morgan fingerprint density at radius 2 is 1.82 bits per heavy atom. The standard InChI is InChI=1S/C21H26N4O6S3/c1-14-9-7-8-10-16(14)25(33(27)28)17-13-18(32-19(17)20(26)31-21(2,3)4)15-11-12-24(22-15)34(29,30)23(5)6/h7-13H,1-6H3,(H,27,28). The molecule has 0 spiro atoms. The van der Waals surface area contributed by atoms with Crippen LogP contribution < -0.4 is 4.31 Å². The molecule has 13 heteroatoms. The van der Waals surface area contributed by atoms with Crippen molar-refractivity contribution < 1.29 is 26.7 Å². The van der Waals surface area contributed by atoms with Crippen LogP contribution >= 0.6 is 11.3 Å². The van der Waals surface area contributed by atoms with Crippen LogP contribution in [-0.4, -0.2) is 56.3 Å². The Labute approximate surface area is 205 Å². The van der Waals surface area contributed by atoms with E-state index in [9.17, 15) is 22.0 Å². The highest BCUT2D eigenvalue weighted by Crippen LogP contribution is 2.41. The van der Waals surface area contributed by atoms with E-state index in [-0.39, 0.29) is 16.3 Å². The summed E-state index contributed by atoms with van der Waals surface area (Å²) >= 11 is -1.53. The van der Waals surface area contributed by atoms with E-state index in [1.165, 1.54) is 32.4 Å². The summed E-state index contributed by atoms with van der Waals surface area (Å²) in [6.45, 7) is 6.94. The Kier molecular flexibility index (Phi) is 7.34. The maximum atomic E-state index is 13.1. The van der Waals surface area contributed by atoms with Gasteiger partial charge in [-0.05, 0) is 51.5 Å². The number of carbonyl (C=O) groups is 1. The molecule has 2 heterocycles. The van der Waals surface area contributed by atoms with Crippen molar-refractivity contribution in [2.45, 2.75) is 33.3 Å². The minimum atomic E-state index is -3.83. The predicted octanol–water partition coefficient (Wildman–Crippen LogP) is 3.80. The molecular formula is C21H26N4O6S3. The van der Waals surface area contributed by atoms with Gasteiger partial charge in [-0.3, -0.25) is 4.55 Å². The van der Waals surface area contributed by atoms with Gasteiger partial charge in [-0.15, -0.1) is 11.3 Å². The number of hydrogen-bond acceptors (Lipinski definition) is 7. The SMILES string of the molecule is Cc1ccccc1N(c1cc(-c2ccn(S(=O)(=O)N(C)C)n2)sc1C(=O)OC(C)(C)C)S(=O)O. The average molecular weight is 527 g/mol. The highest BCUT2D eigenvalue weighted by atomic mass is 32.2. The number of benzene rings is 1. The lowest BCUT2D eigenvalue weighted by atomic mass is 10.2. The van der Waals surface area contributed by atoms with Crippen LogP contribution in [0, 0.1) is 6.92 Å². The van der Waals surface area contributed by atoms with Gasteiger partial charge in [0.25, 0.3) is 11.3 Å². The molecule has 34 heavy (non-hydrogen) atoms. The summed E-state index contributed by atoms with van der Waals surface area (Å²) in [6.07, 6.45) is 1.29.